The van der Waals surface area contributed by atoms with Crippen LogP contribution in [0.2, 0.25) is 0 Å². The molecule has 0 saturated carbocycles. The molecule has 0 aliphatic heterocycles. The zero-order valence-electron chi connectivity index (χ0n) is 11.6. The number of hydrogen-bond donors (Lipinski definition) is 1. The molecule has 1 nitrogen and oxygen atoms in total. The molecule has 0 fully saturated rings. The summed E-state index contributed by atoms with van der Waals surface area (Å²) >= 11 is 0. The predicted octanol–water partition coefficient (Wildman–Crippen LogP) is 4.22. The zero-order chi connectivity index (χ0) is 13.0. The van der Waals surface area contributed by atoms with Crippen molar-refractivity contribution in [3.8, 4) is 0 Å². The number of fused-ring (bicyclic) bond motifs is 1. The van der Waals surface area contributed by atoms with E-state index in [1.807, 2.05) is 0 Å². The topological polar surface area (TPSA) is 12.0 Å². The van der Waals surface area contributed by atoms with E-state index in [0.717, 1.165) is 24.9 Å². The molecule has 1 atom stereocenters. The summed E-state index contributed by atoms with van der Waals surface area (Å²) in [6.07, 6.45) is 0. The lowest BCUT2D eigenvalue weighted by Crippen LogP contribution is -2.23. The minimum absolute atomic E-state index is 0.727. The minimum Gasteiger partial charge on any atom is -0.312 e. The number of nitrogens with one attached hydrogen (secondary N) is 1. The second kappa shape index (κ2) is 6.01. The largest absolute Gasteiger partial charge is 0.312 e. The number of hydrogen-bond acceptors (Lipinski definition) is 1. The summed E-state index contributed by atoms with van der Waals surface area (Å²) in [6.45, 7) is 8.91. The Morgan fingerprint density at radius 3 is 2.39 bits per heavy atom. The Kier molecular flexibility index (Phi) is 4.38. The molecule has 0 radical (unpaired) electrons. The van der Waals surface area contributed by atoms with Crippen molar-refractivity contribution in [2.45, 2.75) is 27.3 Å². The van der Waals surface area contributed by atoms with Gasteiger partial charge >= 0.3 is 0 Å². The maximum absolute atomic E-state index is 3.55. The van der Waals surface area contributed by atoms with Gasteiger partial charge in [-0.25, -0.2) is 0 Å². The van der Waals surface area contributed by atoms with Crippen LogP contribution in [-0.4, -0.2) is 6.54 Å². The average Bonchev–Trinajstić information content (AvgIpc) is 2.38. The van der Waals surface area contributed by atoms with Gasteiger partial charge in [-0.2, -0.15) is 0 Å². The lowest BCUT2D eigenvalue weighted by molar-refractivity contribution is 0.392. The van der Waals surface area contributed by atoms with Crippen LogP contribution in [0.15, 0.2) is 42.5 Å². The molecule has 0 spiro atoms. The van der Waals surface area contributed by atoms with Crippen LogP contribution < -0.4 is 5.32 Å². The van der Waals surface area contributed by atoms with Crippen molar-refractivity contribution in [3.05, 3.63) is 48.0 Å². The molecule has 0 bridgehead atoms. The predicted molar refractivity (Wildman–Crippen MR) is 79.7 cm³/mol. The summed E-state index contributed by atoms with van der Waals surface area (Å²) in [5.74, 6) is 1.47. The fraction of sp³-hybridized carbons (Fsp3) is 0.412. The van der Waals surface area contributed by atoms with Gasteiger partial charge in [0.25, 0.3) is 0 Å². The van der Waals surface area contributed by atoms with E-state index in [4.69, 9.17) is 0 Å². The number of rotatable bonds is 5. The van der Waals surface area contributed by atoms with Gasteiger partial charge in [-0.15, -0.1) is 0 Å². The van der Waals surface area contributed by atoms with E-state index in [0.29, 0.717) is 0 Å². The van der Waals surface area contributed by atoms with E-state index >= 15 is 0 Å². The van der Waals surface area contributed by atoms with Crippen LogP contribution in [0.1, 0.15) is 26.3 Å². The van der Waals surface area contributed by atoms with Crippen molar-refractivity contribution in [2.24, 2.45) is 11.8 Å². The van der Waals surface area contributed by atoms with Gasteiger partial charge in [0.1, 0.15) is 0 Å². The highest BCUT2D eigenvalue weighted by molar-refractivity contribution is 5.82. The summed E-state index contributed by atoms with van der Waals surface area (Å²) in [5.41, 5.74) is 1.37. The summed E-state index contributed by atoms with van der Waals surface area (Å²) in [6, 6.07) is 15.2. The van der Waals surface area contributed by atoms with E-state index in [-0.39, 0.29) is 0 Å². The normalized spacial score (nSPS) is 13.1. The Bertz CT molecular complexity index is 502. The third kappa shape index (κ3) is 3.33. The summed E-state index contributed by atoms with van der Waals surface area (Å²) in [4.78, 5) is 0. The first-order valence-corrected chi connectivity index (χ1v) is 6.85. The fourth-order valence-electron chi connectivity index (χ4n) is 2.03. The van der Waals surface area contributed by atoms with Crippen LogP contribution in [0, 0.1) is 11.8 Å². The van der Waals surface area contributed by atoms with Gasteiger partial charge in [0.05, 0.1) is 0 Å². The molecule has 0 amide bonds. The van der Waals surface area contributed by atoms with Crippen LogP contribution in [-0.2, 0) is 6.54 Å². The van der Waals surface area contributed by atoms with Crippen molar-refractivity contribution in [2.75, 3.05) is 6.54 Å². The second-order valence-electron chi connectivity index (χ2n) is 5.53. The van der Waals surface area contributed by atoms with Crippen molar-refractivity contribution in [3.63, 3.8) is 0 Å². The lowest BCUT2D eigenvalue weighted by Gasteiger charge is -2.16. The molecule has 0 heterocycles. The highest BCUT2D eigenvalue weighted by Crippen LogP contribution is 2.15. The molecule has 1 N–H and O–H groups in total. The Balaban J connectivity index is 1.96. The quantitative estimate of drug-likeness (QED) is 0.826. The third-order valence-corrected chi connectivity index (χ3v) is 3.75. The van der Waals surface area contributed by atoms with E-state index in [2.05, 4.69) is 68.6 Å². The summed E-state index contributed by atoms with van der Waals surface area (Å²) in [7, 11) is 0. The Morgan fingerprint density at radius 2 is 1.67 bits per heavy atom. The summed E-state index contributed by atoms with van der Waals surface area (Å²) in [5, 5.41) is 6.19. The van der Waals surface area contributed by atoms with Gasteiger partial charge in [0.2, 0.25) is 0 Å². The number of benzene rings is 2. The van der Waals surface area contributed by atoms with Gasteiger partial charge < -0.3 is 5.32 Å². The SMILES string of the molecule is CC(C)C(C)CNCc1ccc2ccccc2c1. The first-order valence-electron chi connectivity index (χ1n) is 6.85. The molecule has 2 aromatic carbocycles. The van der Waals surface area contributed by atoms with Crippen LogP contribution >= 0.6 is 0 Å². The van der Waals surface area contributed by atoms with Crippen LogP contribution in [0.4, 0.5) is 0 Å². The molecular weight excluding hydrogens is 218 g/mol. The Labute approximate surface area is 110 Å². The van der Waals surface area contributed by atoms with E-state index in [1.54, 1.807) is 0 Å². The molecule has 1 heteroatoms. The molecule has 1 unspecified atom stereocenters. The molecule has 2 aromatic rings. The lowest BCUT2D eigenvalue weighted by atomic mass is 9.98. The highest BCUT2D eigenvalue weighted by atomic mass is 14.9. The van der Waals surface area contributed by atoms with Crippen molar-refractivity contribution >= 4 is 10.8 Å². The molecule has 2 rings (SSSR count). The molecule has 18 heavy (non-hydrogen) atoms. The molecule has 0 aromatic heterocycles. The van der Waals surface area contributed by atoms with E-state index in [1.165, 1.54) is 16.3 Å². The van der Waals surface area contributed by atoms with Crippen molar-refractivity contribution in [1.82, 2.24) is 5.32 Å². The minimum atomic E-state index is 0.727. The van der Waals surface area contributed by atoms with E-state index < -0.39 is 0 Å². The van der Waals surface area contributed by atoms with Gasteiger partial charge in [0.15, 0.2) is 0 Å². The van der Waals surface area contributed by atoms with Crippen molar-refractivity contribution < 1.29 is 0 Å². The van der Waals surface area contributed by atoms with Crippen molar-refractivity contribution in [1.29, 1.82) is 0 Å². The standard InChI is InChI=1S/C17H23N/c1-13(2)14(3)11-18-12-15-8-9-16-6-4-5-7-17(16)10-15/h4-10,13-14,18H,11-12H2,1-3H3. The first-order chi connectivity index (χ1) is 8.66. The first kappa shape index (κ1) is 13.1. The van der Waals surface area contributed by atoms with Crippen LogP contribution in [0.25, 0.3) is 10.8 Å². The van der Waals surface area contributed by atoms with E-state index in [9.17, 15) is 0 Å². The molecular formula is C17H23N. The van der Waals surface area contributed by atoms with Gasteiger partial charge in [0, 0.05) is 6.54 Å². The maximum Gasteiger partial charge on any atom is 0.0205 e. The molecule has 0 aliphatic rings. The highest BCUT2D eigenvalue weighted by Gasteiger charge is 2.05. The zero-order valence-corrected chi connectivity index (χ0v) is 11.6. The van der Waals surface area contributed by atoms with Gasteiger partial charge in [-0.3, -0.25) is 0 Å². The van der Waals surface area contributed by atoms with Crippen LogP contribution in [0.3, 0.4) is 0 Å². The Hall–Kier alpha value is -1.34. The maximum atomic E-state index is 3.55. The summed E-state index contributed by atoms with van der Waals surface area (Å²) < 4.78 is 0. The van der Waals surface area contributed by atoms with Gasteiger partial charge in [-0.05, 0) is 40.8 Å². The molecule has 0 saturated heterocycles. The smallest absolute Gasteiger partial charge is 0.0205 e. The fourth-order valence-corrected chi connectivity index (χ4v) is 2.03. The second-order valence-corrected chi connectivity index (χ2v) is 5.53. The molecule has 96 valence electrons. The van der Waals surface area contributed by atoms with Gasteiger partial charge in [-0.1, -0.05) is 57.2 Å². The monoisotopic (exact) mass is 241 g/mol. The molecule has 0 aliphatic carbocycles. The average molecular weight is 241 g/mol. The Morgan fingerprint density at radius 1 is 0.944 bits per heavy atom. The van der Waals surface area contributed by atoms with Crippen LogP contribution in [0.5, 0.6) is 0 Å². The third-order valence-electron chi connectivity index (χ3n) is 3.75.